The quantitative estimate of drug-likeness (QED) is 0.156. The predicted octanol–water partition coefficient (Wildman–Crippen LogP) is 19.1. The molecule has 6 aromatic heterocycles. The van der Waals surface area contributed by atoms with Gasteiger partial charge in [0.25, 0.3) is 0 Å². The normalized spacial score (nSPS) is 15.0. The molecule has 0 bridgehead atoms. The Labute approximate surface area is 554 Å². The smallest absolute Gasteiger partial charge is 0.213 e. The van der Waals surface area contributed by atoms with Gasteiger partial charge < -0.3 is 0 Å². The number of aromatic nitrogens is 6. The van der Waals surface area contributed by atoms with Gasteiger partial charge in [-0.05, 0) is 176 Å². The molecule has 0 fully saturated rings. The summed E-state index contributed by atoms with van der Waals surface area (Å²) in [5, 5.41) is 0. The Kier molecular flexibility index (Phi) is 13.6. The van der Waals surface area contributed by atoms with E-state index in [2.05, 4.69) is 274 Å². The highest BCUT2D eigenvalue weighted by Gasteiger charge is 2.41. The molecule has 0 N–H and O–H groups in total. The third-order valence-electron chi connectivity index (χ3n) is 19.5. The van der Waals surface area contributed by atoms with Gasteiger partial charge >= 0.3 is 0 Å². The van der Waals surface area contributed by atoms with Crippen molar-refractivity contribution in [1.29, 1.82) is 0 Å². The number of pyridine rings is 6. The molecule has 0 amide bonds. The minimum absolute atomic E-state index is 0.0701. The van der Waals surface area contributed by atoms with Gasteiger partial charge in [0.1, 0.15) is 21.1 Å². The summed E-state index contributed by atoms with van der Waals surface area (Å²) < 4.78 is 57.2. The fraction of sp³-hybridized carbons (Fsp3) is 0.233. The van der Waals surface area contributed by atoms with Crippen molar-refractivity contribution in [1.82, 2.24) is 15.0 Å². The third-order valence-corrected chi connectivity index (χ3v) is 19.5. The van der Waals surface area contributed by atoms with Crippen LogP contribution in [0.1, 0.15) is 128 Å². The predicted molar refractivity (Wildman–Crippen MR) is 379 cm³/mol. The van der Waals surface area contributed by atoms with Crippen molar-refractivity contribution in [3.63, 3.8) is 0 Å². The molecular weight excluding hydrogens is 1120 g/mol. The highest BCUT2D eigenvalue weighted by molar-refractivity contribution is 5.87. The summed E-state index contributed by atoms with van der Waals surface area (Å²) >= 11 is 0. The van der Waals surface area contributed by atoms with Crippen molar-refractivity contribution in [3.05, 3.63) is 285 Å². The Balaban J connectivity index is 0.000000133. The van der Waals surface area contributed by atoms with E-state index in [1.54, 1.807) is 25.1 Å². The lowest BCUT2D eigenvalue weighted by atomic mass is 9.83. The maximum Gasteiger partial charge on any atom is 0.213 e. The zero-order valence-electron chi connectivity index (χ0n) is 61.8. The average Bonchev–Trinajstić information content (AvgIpc) is 1.49. The fourth-order valence-electron chi connectivity index (χ4n) is 14.1. The molecule has 0 saturated heterocycles. The van der Waals surface area contributed by atoms with Gasteiger partial charge in [-0.2, -0.15) is 0 Å². The molecule has 15 rings (SSSR count). The van der Waals surface area contributed by atoms with E-state index in [1.165, 1.54) is 112 Å². The van der Waals surface area contributed by atoms with E-state index in [0.717, 1.165) is 39.3 Å². The van der Waals surface area contributed by atoms with E-state index in [-0.39, 0.29) is 16.5 Å². The van der Waals surface area contributed by atoms with Crippen LogP contribution in [0.25, 0.3) is 101 Å². The van der Waals surface area contributed by atoms with E-state index in [1.807, 2.05) is 30.8 Å². The van der Waals surface area contributed by atoms with Crippen molar-refractivity contribution < 1.29 is 21.9 Å². The van der Waals surface area contributed by atoms with Gasteiger partial charge in [0, 0.05) is 111 Å². The first kappa shape index (κ1) is 54.0. The van der Waals surface area contributed by atoms with Gasteiger partial charge in [-0.1, -0.05) is 168 Å². The Morgan fingerprint density at radius 2 is 0.663 bits per heavy atom. The zero-order chi connectivity index (χ0) is 69.9. The van der Waals surface area contributed by atoms with E-state index in [9.17, 15) is 0 Å². The molecule has 6 heteroatoms. The second kappa shape index (κ2) is 23.2. The molecule has 3 aliphatic carbocycles. The molecule has 0 atom stereocenters. The molecule has 12 aromatic rings. The van der Waals surface area contributed by atoms with E-state index >= 15 is 0 Å². The molecule has 92 heavy (non-hydrogen) atoms. The number of aryl methyl sites for hydroxylation is 11. The Bertz CT molecular complexity index is 5160. The lowest BCUT2D eigenvalue weighted by Crippen LogP contribution is -2.31. The molecule has 456 valence electrons. The van der Waals surface area contributed by atoms with Crippen molar-refractivity contribution >= 4 is 0 Å². The van der Waals surface area contributed by atoms with E-state index in [4.69, 9.17) is 18.2 Å². The second-order valence-corrected chi connectivity index (χ2v) is 27.0. The van der Waals surface area contributed by atoms with Gasteiger partial charge in [0.2, 0.25) is 17.1 Å². The maximum absolute atomic E-state index is 8.45. The summed E-state index contributed by atoms with van der Waals surface area (Å²) in [6, 6.07) is 66.3. The molecular formula is C86H85N6+3. The Morgan fingerprint density at radius 3 is 1.05 bits per heavy atom. The minimum atomic E-state index is -2.83. The zero-order valence-corrected chi connectivity index (χ0v) is 55.8. The molecule has 0 aliphatic heterocycles. The first-order chi connectivity index (χ1) is 46.4. The number of benzene rings is 6. The maximum atomic E-state index is 8.45. The van der Waals surface area contributed by atoms with Gasteiger partial charge in [0.05, 0.1) is 17.1 Å². The molecule has 0 spiro atoms. The number of hydrogen-bond acceptors (Lipinski definition) is 3. The molecule has 0 unspecified atom stereocenters. The monoisotopic (exact) mass is 1210 g/mol. The molecule has 6 nitrogen and oxygen atoms in total. The van der Waals surface area contributed by atoms with Crippen LogP contribution in [0.15, 0.2) is 207 Å². The standard InChI is InChI=1S/2C29H29N2.C28H27N2/c2*1-18-7-10-21(11-8-18)22-13-14-31(6)27(16-22)24-17-25-23-12-9-20(3)30-28(23)29(4,5)26(25)15-19(24)2;1-18-15-25-24(22-13-11-19(2)29-27(22)28(25,3)4)16-23(18)26-14-12-21(17-30(26)5)20-9-7-6-8-10-20/h2*7-17H,1-6H3;6-17H,1-5H3/q3*+1/i4D3,5D3;;. The number of rotatable bonds is 6. The fourth-order valence-corrected chi connectivity index (χ4v) is 14.1. The first-order valence-electron chi connectivity index (χ1n) is 35.0. The number of fused-ring (bicyclic) bond motifs is 9. The lowest BCUT2D eigenvalue weighted by Gasteiger charge is -2.21. The first-order valence-corrected chi connectivity index (χ1v) is 32.0. The SMILES string of the molecule is Cc1ccc(-c2cc[n+](C)c(-c3cc4c(cc3C)C(C)(C)c3nc(C)ccc3-4)c2)cc1.Cc1ccc2c(n1)C(C)(C)c1cc(C)c(-c3ccc(-c4ccccc4)c[n+]3C)cc1-2.[2H]C([2H])([2H])C1(C([2H])([2H])[2H])c2cc(C)c(-c3cc(-c4ccc(C)cc4)cc[n+]3C)cc2-c2ccc(C)nc21. The third kappa shape index (κ3) is 10.8. The average molecular weight is 1210 g/mol. The summed E-state index contributed by atoms with van der Waals surface area (Å²) in [6.07, 6.45) is 6.39. The van der Waals surface area contributed by atoms with Crippen LogP contribution in [0, 0.1) is 55.4 Å². The van der Waals surface area contributed by atoms with Crippen molar-refractivity contribution in [2.75, 3.05) is 0 Å². The molecule has 0 radical (unpaired) electrons. The lowest BCUT2D eigenvalue weighted by molar-refractivity contribution is -0.660. The highest BCUT2D eigenvalue weighted by atomic mass is 14.9. The Morgan fingerprint density at radius 1 is 0.304 bits per heavy atom. The summed E-state index contributed by atoms with van der Waals surface area (Å²) in [6.45, 7) is 19.9. The van der Waals surface area contributed by atoms with Gasteiger partial charge in [-0.3, -0.25) is 15.0 Å². The highest BCUT2D eigenvalue weighted by Crippen LogP contribution is 2.52. The van der Waals surface area contributed by atoms with Crippen LogP contribution in [0.2, 0.25) is 0 Å². The summed E-state index contributed by atoms with van der Waals surface area (Å²) in [7, 11) is 6.23. The van der Waals surface area contributed by atoms with Crippen molar-refractivity contribution in [2.45, 2.75) is 113 Å². The summed E-state index contributed by atoms with van der Waals surface area (Å²) in [5.74, 6) is 0. The minimum Gasteiger partial charge on any atom is -0.257 e. The van der Waals surface area contributed by atoms with Crippen LogP contribution in [0.3, 0.4) is 0 Å². The van der Waals surface area contributed by atoms with Gasteiger partial charge in [0.15, 0.2) is 18.6 Å². The van der Waals surface area contributed by atoms with Crippen LogP contribution in [0.5, 0.6) is 0 Å². The van der Waals surface area contributed by atoms with Gasteiger partial charge in [-0.25, -0.2) is 13.7 Å². The topological polar surface area (TPSA) is 50.3 Å². The van der Waals surface area contributed by atoms with Crippen molar-refractivity contribution in [2.24, 2.45) is 21.1 Å². The Hall–Kier alpha value is -9.78. The van der Waals surface area contributed by atoms with E-state index < -0.39 is 19.1 Å². The van der Waals surface area contributed by atoms with Crippen LogP contribution < -0.4 is 13.7 Å². The number of nitrogens with zero attached hydrogens (tertiary/aromatic N) is 6. The largest absolute Gasteiger partial charge is 0.257 e. The second-order valence-electron chi connectivity index (χ2n) is 27.0. The number of hydrogen-bond donors (Lipinski definition) is 0. The van der Waals surface area contributed by atoms with Crippen LogP contribution in [-0.4, -0.2) is 15.0 Å². The molecule has 6 aromatic carbocycles. The molecule has 3 aliphatic rings. The van der Waals surface area contributed by atoms with Crippen LogP contribution in [-0.2, 0) is 37.4 Å². The van der Waals surface area contributed by atoms with Crippen LogP contribution in [0.4, 0.5) is 0 Å². The van der Waals surface area contributed by atoms with Crippen LogP contribution >= 0.6 is 0 Å². The summed E-state index contributed by atoms with van der Waals surface area (Å²) in [4.78, 5) is 14.4. The molecule has 6 heterocycles. The van der Waals surface area contributed by atoms with Crippen molar-refractivity contribution in [3.8, 4) is 101 Å². The molecule has 0 saturated carbocycles. The summed E-state index contributed by atoms with van der Waals surface area (Å²) in [5.41, 5.74) is 32.1. The van der Waals surface area contributed by atoms with E-state index in [0.29, 0.717) is 22.4 Å². The van der Waals surface area contributed by atoms with Gasteiger partial charge in [-0.15, -0.1) is 0 Å².